The molecular weight excluding hydrogens is 257 g/mol. The maximum Gasteiger partial charge on any atom is 0.533 e. The zero-order valence-electron chi connectivity index (χ0n) is 8.42. The van der Waals surface area contributed by atoms with Crippen LogP contribution in [0.5, 0.6) is 0 Å². The maximum absolute atomic E-state index is 11.2. The number of hydrogen-bond donors (Lipinski definition) is 2. The molecule has 1 atom stereocenters. The number of nitriles is 1. The van der Waals surface area contributed by atoms with Crippen molar-refractivity contribution in [1.82, 2.24) is 9.99 Å². The van der Waals surface area contributed by atoms with Gasteiger partial charge in [0.1, 0.15) is 18.3 Å². The summed E-state index contributed by atoms with van der Waals surface area (Å²) in [5.41, 5.74) is 0. The van der Waals surface area contributed by atoms with Crippen molar-refractivity contribution in [3.05, 3.63) is 10.7 Å². The average Bonchev–Trinajstić information content (AvgIpc) is 2.00. The quantitative estimate of drug-likeness (QED) is 0.437. The summed E-state index contributed by atoms with van der Waals surface area (Å²) >= 11 is 3.59. The molecule has 1 N–H and O–H groups in total. The Morgan fingerprint density at radius 2 is 2.00 bits per heavy atom. The summed E-state index contributed by atoms with van der Waals surface area (Å²) in [7, 11) is -2.68. The van der Waals surface area contributed by atoms with Gasteiger partial charge in [-0.1, -0.05) is 0 Å². The molecule has 0 saturated heterocycles. The highest BCUT2D eigenvalue weighted by atomic mass is 32.7. The molecule has 0 aromatic heterocycles. The van der Waals surface area contributed by atoms with Gasteiger partial charge < -0.3 is 4.90 Å². The second-order valence-corrected chi connectivity index (χ2v) is 6.65. The molecule has 0 aromatic rings. The lowest BCUT2D eigenvalue weighted by Gasteiger charge is -2.14. The molecule has 0 aliphatic rings. The first-order valence-electron chi connectivity index (χ1n) is 3.64. The topological polar surface area (TPSA) is 90.3 Å². The van der Waals surface area contributed by atoms with Gasteiger partial charge in [0, 0.05) is 20.4 Å². The lowest BCUT2D eigenvalue weighted by Crippen LogP contribution is -2.24. The Kier molecular flexibility index (Phi) is 5.08. The summed E-state index contributed by atoms with van der Waals surface area (Å²) in [6, 6.07) is 1.55. The van der Waals surface area contributed by atoms with Crippen molar-refractivity contribution >= 4 is 29.2 Å². The van der Waals surface area contributed by atoms with Crippen LogP contribution >= 0.6 is 19.4 Å². The van der Waals surface area contributed by atoms with Gasteiger partial charge in [0.05, 0.1) is 0 Å². The highest BCUT2D eigenvalue weighted by Crippen LogP contribution is 2.24. The first-order chi connectivity index (χ1) is 6.70. The molecule has 0 amide bonds. The fourth-order valence-electron chi connectivity index (χ4n) is 0.756. The summed E-state index contributed by atoms with van der Waals surface area (Å²) in [6.07, 6.45) is 0.905. The van der Waals surface area contributed by atoms with E-state index in [1.807, 2.05) is 0 Å². The van der Waals surface area contributed by atoms with Crippen molar-refractivity contribution in [3.63, 3.8) is 0 Å². The Labute approximate surface area is 94.9 Å². The molecule has 9 heteroatoms. The van der Waals surface area contributed by atoms with Gasteiger partial charge in [-0.05, 0) is 4.57 Å². The SMILES string of the molecule is CN(C)C(N[P+](=O)S)=C(C#N)S(C)(=O)=O. The van der Waals surface area contributed by atoms with Crippen LogP contribution in [0.15, 0.2) is 10.7 Å². The fraction of sp³-hybridized carbons (Fsp3) is 0.500. The van der Waals surface area contributed by atoms with Gasteiger partial charge in [0.15, 0.2) is 20.6 Å². The van der Waals surface area contributed by atoms with Crippen molar-refractivity contribution < 1.29 is 13.0 Å². The average molecular weight is 268 g/mol. The lowest BCUT2D eigenvalue weighted by molar-refractivity contribution is 0.486. The maximum atomic E-state index is 11.2. The number of allylic oxidation sites excluding steroid dienone is 1. The molecule has 0 aliphatic heterocycles. The highest BCUT2D eigenvalue weighted by molar-refractivity contribution is 8.40. The monoisotopic (exact) mass is 268 g/mol. The van der Waals surface area contributed by atoms with E-state index in [4.69, 9.17) is 5.26 Å². The zero-order valence-corrected chi connectivity index (χ0v) is 11.0. The molecule has 0 fully saturated rings. The van der Waals surface area contributed by atoms with Crippen LogP contribution in [0, 0.1) is 11.3 Å². The minimum absolute atomic E-state index is 0.0314. The normalized spacial score (nSPS) is 13.7. The molecule has 6 nitrogen and oxygen atoms in total. The van der Waals surface area contributed by atoms with E-state index < -0.39 is 21.9 Å². The van der Waals surface area contributed by atoms with Crippen LogP contribution in [0.25, 0.3) is 0 Å². The van der Waals surface area contributed by atoms with Gasteiger partial charge in [0.25, 0.3) is 0 Å². The van der Waals surface area contributed by atoms with Crippen LogP contribution in [-0.4, -0.2) is 33.7 Å². The third-order valence-corrected chi connectivity index (χ3v) is 3.07. The van der Waals surface area contributed by atoms with Gasteiger partial charge in [-0.25, -0.2) is 8.42 Å². The van der Waals surface area contributed by atoms with Crippen LogP contribution in [-0.2, 0) is 14.4 Å². The Morgan fingerprint density at radius 1 is 1.53 bits per heavy atom. The summed E-state index contributed by atoms with van der Waals surface area (Å²) in [5, 5.41) is 11.0. The molecule has 0 rings (SSSR count). The molecule has 1 unspecified atom stereocenters. The number of nitrogens with one attached hydrogen (secondary N) is 1. The standard InChI is InChI=1S/C6H10N3O3PS2/c1-9(2)6(8-13(10)14)5(4-7)15(3,11)12/h1-3H3,(H-,8,10,14)/p+1. The van der Waals surface area contributed by atoms with Crippen molar-refractivity contribution in [2.75, 3.05) is 20.4 Å². The van der Waals surface area contributed by atoms with E-state index in [1.54, 1.807) is 6.07 Å². The van der Waals surface area contributed by atoms with Crippen LogP contribution < -0.4 is 5.09 Å². The Bertz CT molecular complexity index is 435. The van der Waals surface area contributed by atoms with Crippen molar-refractivity contribution in [2.24, 2.45) is 0 Å². The predicted octanol–water partition coefficient (Wildman–Crippen LogP) is 0.462. The molecule has 0 aliphatic carbocycles. The van der Waals surface area contributed by atoms with Gasteiger partial charge in [-0.2, -0.15) is 10.3 Å². The summed E-state index contributed by atoms with van der Waals surface area (Å²) < 4.78 is 33.3. The minimum atomic E-state index is -3.65. The molecule has 15 heavy (non-hydrogen) atoms. The molecule has 0 aromatic carbocycles. The molecule has 84 valence electrons. The molecule has 0 radical (unpaired) electrons. The molecule has 0 heterocycles. The summed E-state index contributed by atoms with van der Waals surface area (Å²) in [4.78, 5) is 0.883. The zero-order chi connectivity index (χ0) is 12.2. The van der Waals surface area contributed by atoms with E-state index in [0.717, 1.165) is 6.26 Å². The number of hydrogen-bond acceptors (Lipinski definition) is 5. The van der Waals surface area contributed by atoms with Crippen LogP contribution in [0.1, 0.15) is 0 Å². The molecular formula is C6H11N3O3PS2+. The minimum Gasteiger partial charge on any atom is -0.360 e. The third-order valence-electron chi connectivity index (χ3n) is 1.34. The van der Waals surface area contributed by atoms with Crippen LogP contribution in [0.2, 0.25) is 0 Å². The van der Waals surface area contributed by atoms with Crippen molar-refractivity contribution in [2.45, 2.75) is 0 Å². The second-order valence-electron chi connectivity index (χ2n) is 2.84. The molecule has 0 bridgehead atoms. The van der Waals surface area contributed by atoms with Gasteiger partial charge >= 0.3 is 7.15 Å². The second kappa shape index (κ2) is 5.35. The fourth-order valence-corrected chi connectivity index (χ4v) is 2.36. The largest absolute Gasteiger partial charge is 0.533 e. The van der Waals surface area contributed by atoms with Gasteiger partial charge in [-0.3, -0.25) is 0 Å². The number of nitrogens with zero attached hydrogens (tertiary/aromatic N) is 2. The Balaban J connectivity index is 5.63. The van der Waals surface area contributed by atoms with E-state index in [-0.39, 0.29) is 5.82 Å². The summed E-state index contributed by atoms with van der Waals surface area (Å²) in [5.74, 6) is -0.0314. The van der Waals surface area contributed by atoms with E-state index in [9.17, 15) is 13.0 Å². The first-order valence-corrected chi connectivity index (χ1v) is 7.95. The Hall–Kier alpha value is -0.770. The highest BCUT2D eigenvalue weighted by Gasteiger charge is 2.24. The molecule has 0 saturated carbocycles. The Morgan fingerprint density at radius 3 is 2.20 bits per heavy atom. The predicted molar refractivity (Wildman–Crippen MR) is 60.9 cm³/mol. The van der Waals surface area contributed by atoms with Gasteiger partial charge in [0.2, 0.25) is 0 Å². The molecule has 0 spiro atoms. The van der Waals surface area contributed by atoms with Crippen molar-refractivity contribution in [3.8, 4) is 6.07 Å². The summed E-state index contributed by atoms with van der Waals surface area (Å²) in [6.45, 7) is 0. The number of rotatable bonds is 4. The first kappa shape index (κ1) is 14.2. The van der Waals surface area contributed by atoms with E-state index in [0.29, 0.717) is 0 Å². The van der Waals surface area contributed by atoms with Crippen LogP contribution in [0.3, 0.4) is 0 Å². The smallest absolute Gasteiger partial charge is 0.360 e. The van der Waals surface area contributed by atoms with Crippen LogP contribution in [0.4, 0.5) is 0 Å². The third kappa shape index (κ3) is 4.51. The number of sulfone groups is 1. The van der Waals surface area contributed by atoms with E-state index in [2.05, 4.69) is 17.3 Å². The number of thiol groups is 1. The van der Waals surface area contributed by atoms with E-state index >= 15 is 0 Å². The van der Waals surface area contributed by atoms with E-state index in [1.165, 1.54) is 19.0 Å². The van der Waals surface area contributed by atoms with Gasteiger partial charge in [-0.15, -0.1) is 0 Å². The van der Waals surface area contributed by atoms with Crippen molar-refractivity contribution in [1.29, 1.82) is 5.26 Å². The lowest BCUT2D eigenvalue weighted by atomic mass is 10.5.